The zero-order chi connectivity index (χ0) is 15.7. The molecule has 9 heteroatoms. The van der Waals surface area contributed by atoms with E-state index in [-0.39, 0.29) is 17.0 Å². The molecule has 2 aromatic heterocycles. The van der Waals surface area contributed by atoms with E-state index in [9.17, 15) is 14.9 Å². The van der Waals surface area contributed by atoms with Crippen molar-refractivity contribution in [2.75, 3.05) is 19.6 Å². The number of rotatable bonds is 3. The third kappa shape index (κ3) is 2.60. The number of nitro groups is 1. The number of thiophene rings is 1. The molecule has 0 bridgehead atoms. The third-order valence-electron chi connectivity index (χ3n) is 3.64. The van der Waals surface area contributed by atoms with Crippen LogP contribution in [0, 0.1) is 10.1 Å². The molecule has 116 valence electrons. The molecule has 1 aliphatic heterocycles. The van der Waals surface area contributed by atoms with Crippen molar-refractivity contribution in [2.24, 2.45) is 7.05 Å². The molecular weight excluding hydrogens is 306 g/mol. The Labute approximate surface area is 130 Å². The Bertz CT molecular complexity index is 710. The van der Waals surface area contributed by atoms with E-state index >= 15 is 0 Å². The van der Waals surface area contributed by atoms with Gasteiger partial charge in [0.25, 0.3) is 5.91 Å². The Kier molecular flexibility index (Phi) is 3.90. The zero-order valence-electron chi connectivity index (χ0n) is 11.9. The van der Waals surface area contributed by atoms with Crippen LogP contribution in [0.1, 0.15) is 21.5 Å². The molecule has 0 aromatic carbocycles. The van der Waals surface area contributed by atoms with E-state index in [1.165, 1.54) is 12.1 Å². The molecule has 0 aliphatic carbocycles. The summed E-state index contributed by atoms with van der Waals surface area (Å²) in [5, 5.41) is 14.0. The van der Waals surface area contributed by atoms with E-state index in [1.807, 2.05) is 17.8 Å². The monoisotopic (exact) mass is 321 g/mol. The molecule has 1 fully saturated rings. The molecule has 3 heterocycles. The minimum Gasteiger partial charge on any atom is -0.336 e. The van der Waals surface area contributed by atoms with Crippen molar-refractivity contribution in [3.05, 3.63) is 45.3 Å². The highest BCUT2D eigenvalue weighted by atomic mass is 32.1. The average molecular weight is 321 g/mol. The van der Waals surface area contributed by atoms with Gasteiger partial charge in [0.15, 0.2) is 0 Å². The highest BCUT2D eigenvalue weighted by Crippen LogP contribution is 2.28. The smallest absolute Gasteiger partial charge is 0.324 e. The van der Waals surface area contributed by atoms with Crippen molar-refractivity contribution in [3.8, 4) is 0 Å². The van der Waals surface area contributed by atoms with Gasteiger partial charge in [0.05, 0.1) is 9.80 Å². The zero-order valence-corrected chi connectivity index (χ0v) is 12.7. The third-order valence-corrected chi connectivity index (χ3v) is 4.67. The van der Waals surface area contributed by atoms with Gasteiger partial charge in [-0.15, -0.1) is 0 Å². The van der Waals surface area contributed by atoms with Gasteiger partial charge in [-0.1, -0.05) is 11.3 Å². The molecule has 8 nitrogen and oxygen atoms in total. The van der Waals surface area contributed by atoms with Gasteiger partial charge < -0.3 is 14.8 Å². The fraction of sp³-hybridized carbons (Fsp3) is 0.385. The molecule has 1 amide bonds. The van der Waals surface area contributed by atoms with Gasteiger partial charge in [0.2, 0.25) is 0 Å². The van der Waals surface area contributed by atoms with Crippen LogP contribution in [0.4, 0.5) is 5.00 Å². The van der Waals surface area contributed by atoms with Crippen LogP contribution in [0.25, 0.3) is 0 Å². The van der Waals surface area contributed by atoms with Gasteiger partial charge in [-0.3, -0.25) is 14.9 Å². The summed E-state index contributed by atoms with van der Waals surface area (Å²) in [7, 11) is 1.88. The van der Waals surface area contributed by atoms with Crippen LogP contribution in [0.5, 0.6) is 0 Å². The molecule has 1 aliphatic rings. The van der Waals surface area contributed by atoms with Crippen LogP contribution in [0.3, 0.4) is 0 Å². The maximum Gasteiger partial charge on any atom is 0.324 e. The average Bonchev–Trinajstić information content (AvgIpc) is 3.15. The van der Waals surface area contributed by atoms with Crippen LogP contribution in [0.2, 0.25) is 0 Å². The van der Waals surface area contributed by atoms with E-state index < -0.39 is 4.92 Å². The second kappa shape index (κ2) is 5.85. The maximum atomic E-state index is 12.7. The Balaban J connectivity index is 1.88. The summed E-state index contributed by atoms with van der Waals surface area (Å²) in [5.74, 6) is 0.610. The van der Waals surface area contributed by atoms with E-state index in [4.69, 9.17) is 0 Å². The van der Waals surface area contributed by atoms with Gasteiger partial charge in [-0.05, 0) is 6.07 Å². The molecule has 1 unspecified atom stereocenters. The first-order chi connectivity index (χ1) is 10.6. The lowest BCUT2D eigenvalue weighted by Crippen LogP contribution is -2.49. The minimum absolute atomic E-state index is 0.0213. The topological polar surface area (TPSA) is 93.3 Å². The first-order valence-electron chi connectivity index (χ1n) is 6.81. The van der Waals surface area contributed by atoms with E-state index in [2.05, 4.69) is 10.3 Å². The lowest BCUT2D eigenvalue weighted by Gasteiger charge is -2.35. The standard InChI is InChI=1S/C13H15N5O3S/c1-16-6-5-15-12(16)9-8-14-4-7-17(9)13(19)10-2-3-11(22-10)18(20)21/h2-3,5-6,9,14H,4,7-8H2,1H3. The maximum absolute atomic E-state index is 12.7. The Hall–Kier alpha value is -2.26. The Morgan fingerprint density at radius 1 is 1.55 bits per heavy atom. The molecule has 1 saturated heterocycles. The van der Waals surface area contributed by atoms with Crippen molar-refractivity contribution in [1.82, 2.24) is 19.8 Å². The fourth-order valence-corrected chi connectivity index (χ4v) is 3.34. The molecule has 0 saturated carbocycles. The largest absolute Gasteiger partial charge is 0.336 e. The van der Waals surface area contributed by atoms with Crippen LogP contribution in [0.15, 0.2) is 24.5 Å². The predicted molar refractivity (Wildman–Crippen MR) is 80.8 cm³/mol. The van der Waals surface area contributed by atoms with Crippen molar-refractivity contribution < 1.29 is 9.72 Å². The normalized spacial score (nSPS) is 18.4. The van der Waals surface area contributed by atoms with Crippen LogP contribution >= 0.6 is 11.3 Å². The SMILES string of the molecule is Cn1ccnc1C1CNCCN1C(=O)c1ccc([N+](=O)[O-])s1. The quantitative estimate of drug-likeness (QED) is 0.677. The summed E-state index contributed by atoms with van der Waals surface area (Å²) in [6.07, 6.45) is 3.53. The first kappa shape index (κ1) is 14.7. The highest BCUT2D eigenvalue weighted by molar-refractivity contribution is 7.17. The van der Waals surface area contributed by atoms with Gasteiger partial charge in [-0.25, -0.2) is 4.98 Å². The number of amides is 1. The molecule has 1 atom stereocenters. The molecule has 0 radical (unpaired) electrons. The number of hydrogen-bond acceptors (Lipinski definition) is 6. The number of piperazine rings is 1. The number of aryl methyl sites for hydroxylation is 1. The van der Waals surface area contributed by atoms with Crippen LogP contribution < -0.4 is 5.32 Å². The van der Waals surface area contributed by atoms with Gasteiger partial charge in [-0.2, -0.15) is 0 Å². The summed E-state index contributed by atoms with van der Waals surface area (Å²) < 4.78 is 1.88. The number of nitrogens with one attached hydrogen (secondary N) is 1. The van der Waals surface area contributed by atoms with Gasteiger partial charge >= 0.3 is 5.00 Å². The lowest BCUT2D eigenvalue weighted by atomic mass is 10.1. The van der Waals surface area contributed by atoms with Crippen molar-refractivity contribution in [1.29, 1.82) is 0 Å². The minimum atomic E-state index is -0.477. The molecular formula is C13H15N5O3S. The predicted octanol–water partition coefficient (Wildman–Crippen LogP) is 1.18. The Morgan fingerprint density at radius 2 is 2.36 bits per heavy atom. The Morgan fingerprint density at radius 3 is 3.00 bits per heavy atom. The molecule has 3 rings (SSSR count). The summed E-state index contributed by atoms with van der Waals surface area (Å²) in [6.45, 7) is 1.85. The van der Waals surface area contributed by atoms with Gasteiger partial charge in [0.1, 0.15) is 11.9 Å². The van der Waals surface area contributed by atoms with E-state index in [1.54, 1.807) is 11.1 Å². The summed E-state index contributed by atoms with van der Waals surface area (Å²) >= 11 is 0.908. The number of imidazole rings is 1. The second-order valence-corrected chi connectivity index (χ2v) is 6.07. The fourth-order valence-electron chi connectivity index (χ4n) is 2.56. The number of carbonyl (C=O) groups is 1. The summed E-state index contributed by atoms with van der Waals surface area (Å²) in [5.41, 5.74) is 0. The van der Waals surface area contributed by atoms with Crippen LogP contribution in [-0.2, 0) is 7.05 Å². The van der Waals surface area contributed by atoms with Crippen molar-refractivity contribution in [3.63, 3.8) is 0 Å². The lowest BCUT2D eigenvalue weighted by molar-refractivity contribution is -0.380. The second-order valence-electron chi connectivity index (χ2n) is 5.01. The van der Waals surface area contributed by atoms with Gasteiger partial charge in [0, 0.05) is 45.1 Å². The number of aromatic nitrogens is 2. The number of hydrogen-bond donors (Lipinski definition) is 1. The first-order valence-corrected chi connectivity index (χ1v) is 7.62. The number of nitrogens with zero attached hydrogens (tertiary/aromatic N) is 4. The molecule has 1 N–H and O–H groups in total. The van der Waals surface area contributed by atoms with E-state index in [0.29, 0.717) is 24.5 Å². The molecule has 2 aromatic rings. The number of carbonyl (C=O) groups excluding carboxylic acids is 1. The highest BCUT2D eigenvalue weighted by Gasteiger charge is 2.32. The molecule has 22 heavy (non-hydrogen) atoms. The van der Waals surface area contributed by atoms with Crippen molar-refractivity contribution in [2.45, 2.75) is 6.04 Å². The van der Waals surface area contributed by atoms with E-state index in [0.717, 1.165) is 17.2 Å². The van der Waals surface area contributed by atoms with Crippen LogP contribution in [-0.4, -0.2) is 44.9 Å². The molecule has 0 spiro atoms. The van der Waals surface area contributed by atoms with Crippen molar-refractivity contribution >= 4 is 22.2 Å². The summed E-state index contributed by atoms with van der Waals surface area (Å²) in [6, 6.07) is 2.71. The summed E-state index contributed by atoms with van der Waals surface area (Å²) in [4.78, 5) is 29.4.